The average Bonchev–Trinajstić information content (AvgIpc) is 2.38. The Morgan fingerprint density at radius 2 is 2.35 bits per heavy atom. The Morgan fingerprint density at radius 1 is 1.47 bits per heavy atom. The first-order chi connectivity index (χ1) is 8.29. The van der Waals surface area contributed by atoms with E-state index < -0.39 is 0 Å². The van der Waals surface area contributed by atoms with Crippen molar-refractivity contribution in [2.75, 3.05) is 18.4 Å². The molecule has 1 aliphatic heterocycles. The first kappa shape index (κ1) is 11.9. The molecule has 1 heterocycles. The van der Waals surface area contributed by atoms with Crippen LogP contribution in [0, 0.1) is 18.3 Å². The van der Waals surface area contributed by atoms with Gasteiger partial charge in [-0.2, -0.15) is 5.26 Å². The quantitative estimate of drug-likeness (QED) is 0.836. The summed E-state index contributed by atoms with van der Waals surface area (Å²) in [6, 6.07) is 8.66. The zero-order chi connectivity index (χ0) is 12.1. The Kier molecular flexibility index (Phi) is 4.00. The number of anilines is 1. The van der Waals surface area contributed by atoms with Gasteiger partial charge in [-0.25, -0.2) is 0 Å². The molecule has 1 aromatic carbocycles. The van der Waals surface area contributed by atoms with E-state index in [0.717, 1.165) is 24.3 Å². The van der Waals surface area contributed by atoms with Gasteiger partial charge in [0, 0.05) is 12.6 Å². The van der Waals surface area contributed by atoms with E-state index in [1.54, 1.807) is 0 Å². The van der Waals surface area contributed by atoms with E-state index in [0.29, 0.717) is 6.04 Å². The van der Waals surface area contributed by atoms with Crippen molar-refractivity contribution < 1.29 is 0 Å². The van der Waals surface area contributed by atoms with E-state index in [1.165, 1.54) is 24.8 Å². The van der Waals surface area contributed by atoms with Gasteiger partial charge in [-0.15, -0.1) is 0 Å². The summed E-state index contributed by atoms with van der Waals surface area (Å²) in [7, 11) is 0. The normalized spacial score (nSPS) is 19.6. The van der Waals surface area contributed by atoms with Crippen molar-refractivity contribution in [1.82, 2.24) is 5.32 Å². The maximum absolute atomic E-state index is 9.04. The molecule has 2 N–H and O–H groups in total. The van der Waals surface area contributed by atoms with Crippen LogP contribution in [0.5, 0.6) is 0 Å². The topological polar surface area (TPSA) is 47.9 Å². The first-order valence-corrected chi connectivity index (χ1v) is 6.27. The third kappa shape index (κ3) is 3.21. The van der Waals surface area contributed by atoms with Gasteiger partial charge in [0.2, 0.25) is 0 Å². The molecule has 1 saturated heterocycles. The Labute approximate surface area is 103 Å². The molecule has 3 heteroatoms. The lowest BCUT2D eigenvalue weighted by atomic mass is 10.0. The summed E-state index contributed by atoms with van der Waals surface area (Å²) in [5, 5.41) is 15.9. The number of aryl methyl sites for hydroxylation is 1. The highest BCUT2D eigenvalue weighted by Crippen LogP contribution is 2.17. The third-order valence-electron chi connectivity index (χ3n) is 3.25. The number of hydrogen-bond acceptors (Lipinski definition) is 3. The number of nitrogens with zero attached hydrogens (tertiary/aromatic N) is 1. The van der Waals surface area contributed by atoms with Crippen LogP contribution in [-0.2, 0) is 0 Å². The molecule has 0 spiro atoms. The summed E-state index contributed by atoms with van der Waals surface area (Å²) in [6.07, 6.45) is 3.81. The van der Waals surface area contributed by atoms with Crippen LogP contribution in [0.3, 0.4) is 0 Å². The van der Waals surface area contributed by atoms with Crippen molar-refractivity contribution in [3.8, 4) is 6.07 Å². The minimum atomic E-state index is 0.538. The summed E-state index contributed by atoms with van der Waals surface area (Å²) >= 11 is 0. The van der Waals surface area contributed by atoms with E-state index in [9.17, 15) is 0 Å². The maximum atomic E-state index is 9.04. The standard InChI is InChI=1S/C14H19N3/c1-11-5-6-12(9-15)14(8-11)17-10-13-4-2-3-7-16-13/h5-6,8,13,16-17H,2-4,7,10H2,1H3. The molecule has 1 unspecified atom stereocenters. The molecule has 0 radical (unpaired) electrons. The van der Waals surface area contributed by atoms with Crippen LogP contribution in [0.25, 0.3) is 0 Å². The van der Waals surface area contributed by atoms with Gasteiger partial charge in [-0.05, 0) is 44.0 Å². The summed E-state index contributed by atoms with van der Waals surface area (Å²) in [4.78, 5) is 0. The van der Waals surface area contributed by atoms with Crippen LogP contribution in [0.15, 0.2) is 18.2 Å². The molecule has 2 rings (SSSR count). The maximum Gasteiger partial charge on any atom is 0.101 e. The number of nitrogens with one attached hydrogen (secondary N) is 2. The molecule has 0 bridgehead atoms. The van der Waals surface area contributed by atoms with Gasteiger partial charge in [-0.1, -0.05) is 12.5 Å². The summed E-state index contributed by atoms with van der Waals surface area (Å²) in [6.45, 7) is 4.06. The van der Waals surface area contributed by atoms with E-state index in [-0.39, 0.29) is 0 Å². The smallest absolute Gasteiger partial charge is 0.101 e. The Balaban J connectivity index is 1.98. The molecular weight excluding hydrogens is 210 g/mol. The van der Waals surface area contributed by atoms with Gasteiger partial charge in [0.05, 0.1) is 11.3 Å². The van der Waals surface area contributed by atoms with Crippen LogP contribution >= 0.6 is 0 Å². The molecule has 1 fully saturated rings. The number of hydrogen-bond donors (Lipinski definition) is 2. The SMILES string of the molecule is Cc1ccc(C#N)c(NCC2CCCCN2)c1. The molecule has 0 aliphatic carbocycles. The Morgan fingerprint density at radius 3 is 3.06 bits per heavy atom. The van der Waals surface area contributed by atoms with Crippen LogP contribution in [-0.4, -0.2) is 19.1 Å². The predicted octanol–water partition coefficient (Wildman–Crippen LogP) is 2.42. The summed E-state index contributed by atoms with van der Waals surface area (Å²) in [5.41, 5.74) is 2.87. The second-order valence-electron chi connectivity index (χ2n) is 4.69. The second kappa shape index (κ2) is 5.70. The molecule has 3 nitrogen and oxygen atoms in total. The summed E-state index contributed by atoms with van der Waals surface area (Å²) < 4.78 is 0. The van der Waals surface area contributed by atoms with Gasteiger partial charge < -0.3 is 10.6 Å². The molecule has 0 aromatic heterocycles. The molecule has 1 aromatic rings. The lowest BCUT2D eigenvalue weighted by Gasteiger charge is -2.24. The highest BCUT2D eigenvalue weighted by atomic mass is 15.0. The van der Waals surface area contributed by atoms with Gasteiger partial charge in [0.15, 0.2) is 0 Å². The molecule has 1 aliphatic rings. The van der Waals surface area contributed by atoms with Crippen molar-refractivity contribution in [1.29, 1.82) is 5.26 Å². The van der Waals surface area contributed by atoms with Crippen molar-refractivity contribution in [3.63, 3.8) is 0 Å². The minimum absolute atomic E-state index is 0.538. The van der Waals surface area contributed by atoms with Gasteiger partial charge in [-0.3, -0.25) is 0 Å². The lowest BCUT2D eigenvalue weighted by Crippen LogP contribution is -2.39. The number of nitriles is 1. The molecule has 0 saturated carbocycles. The van der Waals surface area contributed by atoms with E-state index in [2.05, 4.69) is 16.7 Å². The predicted molar refractivity (Wildman–Crippen MR) is 70.0 cm³/mol. The minimum Gasteiger partial charge on any atom is -0.382 e. The van der Waals surface area contributed by atoms with Crippen LogP contribution in [0.1, 0.15) is 30.4 Å². The van der Waals surface area contributed by atoms with E-state index in [4.69, 9.17) is 5.26 Å². The fourth-order valence-corrected chi connectivity index (χ4v) is 2.23. The van der Waals surface area contributed by atoms with Crippen LogP contribution in [0.4, 0.5) is 5.69 Å². The van der Waals surface area contributed by atoms with Crippen molar-refractivity contribution in [2.45, 2.75) is 32.2 Å². The Bertz CT molecular complexity index is 414. The lowest BCUT2D eigenvalue weighted by molar-refractivity contribution is 0.414. The van der Waals surface area contributed by atoms with Gasteiger partial charge in [0.25, 0.3) is 0 Å². The fraction of sp³-hybridized carbons (Fsp3) is 0.500. The van der Waals surface area contributed by atoms with E-state index in [1.807, 2.05) is 25.1 Å². The second-order valence-corrected chi connectivity index (χ2v) is 4.69. The highest BCUT2D eigenvalue weighted by Gasteiger charge is 2.12. The molecule has 0 amide bonds. The first-order valence-electron chi connectivity index (χ1n) is 6.27. The van der Waals surface area contributed by atoms with Gasteiger partial charge >= 0.3 is 0 Å². The largest absolute Gasteiger partial charge is 0.382 e. The van der Waals surface area contributed by atoms with E-state index >= 15 is 0 Å². The Hall–Kier alpha value is -1.53. The number of rotatable bonds is 3. The summed E-state index contributed by atoms with van der Waals surface area (Å²) in [5.74, 6) is 0. The molecule has 1 atom stereocenters. The number of piperidine rings is 1. The average molecular weight is 229 g/mol. The van der Waals surface area contributed by atoms with Crippen LogP contribution in [0.2, 0.25) is 0 Å². The highest BCUT2D eigenvalue weighted by molar-refractivity contribution is 5.58. The molecular formula is C14H19N3. The molecule has 17 heavy (non-hydrogen) atoms. The fourth-order valence-electron chi connectivity index (χ4n) is 2.23. The third-order valence-corrected chi connectivity index (χ3v) is 3.25. The molecule has 90 valence electrons. The van der Waals surface area contributed by atoms with Crippen molar-refractivity contribution in [3.05, 3.63) is 29.3 Å². The van der Waals surface area contributed by atoms with Crippen molar-refractivity contribution >= 4 is 5.69 Å². The number of benzene rings is 1. The monoisotopic (exact) mass is 229 g/mol. The van der Waals surface area contributed by atoms with Crippen molar-refractivity contribution in [2.24, 2.45) is 0 Å². The zero-order valence-corrected chi connectivity index (χ0v) is 10.3. The van der Waals surface area contributed by atoms with Gasteiger partial charge in [0.1, 0.15) is 6.07 Å². The zero-order valence-electron chi connectivity index (χ0n) is 10.3. The van der Waals surface area contributed by atoms with Crippen LogP contribution < -0.4 is 10.6 Å².